The van der Waals surface area contributed by atoms with E-state index >= 15 is 0 Å². The van der Waals surface area contributed by atoms with Gasteiger partial charge in [-0.2, -0.15) is 0 Å². The van der Waals surface area contributed by atoms with Crippen molar-refractivity contribution in [1.82, 2.24) is 0 Å². The van der Waals surface area contributed by atoms with Crippen molar-refractivity contribution in [2.75, 3.05) is 0 Å². The van der Waals surface area contributed by atoms with Gasteiger partial charge in [0.25, 0.3) is 5.92 Å². The molecule has 0 spiro atoms. The molecule has 0 radical (unpaired) electrons. The van der Waals surface area contributed by atoms with Crippen LogP contribution in [0, 0.1) is 0 Å². The maximum atomic E-state index is 12.7. The first-order valence-corrected chi connectivity index (χ1v) is 4.45. The summed E-state index contributed by atoms with van der Waals surface area (Å²) in [5.41, 5.74) is 4.91. The molecule has 2 N–H and O–H groups in total. The van der Waals surface area contributed by atoms with Crippen LogP contribution < -0.4 is 5.73 Å². The Kier molecular flexibility index (Phi) is 1.93. The lowest BCUT2D eigenvalue weighted by atomic mass is 10.1. The van der Waals surface area contributed by atoms with Gasteiger partial charge in [0.2, 0.25) is 0 Å². The summed E-state index contributed by atoms with van der Waals surface area (Å²) in [7, 11) is 0. The van der Waals surface area contributed by atoms with Crippen LogP contribution in [0.25, 0.3) is 6.08 Å². The summed E-state index contributed by atoms with van der Waals surface area (Å²) in [6.45, 7) is 0. The van der Waals surface area contributed by atoms with Crippen LogP contribution in [-0.4, -0.2) is 11.5 Å². The largest absolute Gasteiger partial charge is 0.317 e. The van der Waals surface area contributed by atoms with Crippen LogP contribution in [-0.2, 0) is 0 Å². The molecule has 14 heavy (non-hydrogen) atoms. The minimum Gasteiger partial charge on any atom is -0.317 e. The van der Waals surface area contributed by atoms with Gasteiger partial charge >= 0.3 is 0 Å². The normalized spacial score (nSPS) is 29.4. The van der Waals surface area contributed by atoms with Gasteiger partial charge in [-0.1, -0.05) is 42.5 Å². The van der Waals surface area contributed by atoms with Gasteiger partial charge in [0, 0.05) is 6.42 Å². The fraction of sp³-hybridized carbons (Fsp3) is 0.273. The van der Waals surface area contributed by atoms with Gasteiger partial charge in [-0.15, -0.1) is 0 Å². The Morgan fingerprint density at radius 1 is 1.21 bits per heavy atom. The van der Waals surface area contributed by atoms with Crippen LogP contribution in [0.1, 0.15) is 12.0 Å². The monoisotopic (exact) mass is 195 g/mol. The highest BCUT2D eigenvalue weighted by atomic mass is 19.3. The summed E-state index contributed by atoms with van der Waals surface area (Å²) >= 11 is 0. The molecule has 0 bridgehead atoms. The molecule has 1 aliphatic rings. The van der Waals surface area contributed by atoms with Crippen molar-refractivity contribution in [3.8, 4) is 0 Å². The first-order valence-electron chi connectivity index (χ1n) is 4.45. The number of nitrogens with two attached hydrogens (primary N) is 1. The quantitative estimate of drug-likeness (QED) is 0.770. The molecule has 1 saturated carbocycles. The summed E-state index contributed by atoms with van der Waals surface area (Å²) in [5.74, 6) is -2.72. The van der Waals surface area contributed by atoms with Crippen molar-refractivity contribution < 1.29 is 8.78 Å². The van der Waals surface area contributed by atoms with Crippen LogP contribution in [0.2, 0.25) is 0 Å². The summed E-state index contributed by atoms with van der Waals surface area (Å²) < 4.78 is 25.4. The fourth-order valence-corrected chi connectivity index (χ4v) is 1.31. The van der Waals surface area contributed by atoms with Crippen LogP contribution in [0.15, 0.2) is 36.4 Å². The zero-order valence-corrected chi connectivity index (χ0v) is 7.58. The smallest absolute Gasteiger partial charge is 0.271 e. The van der Waals surface area contributed by atoms with Gasteiger partial charge in [0.15, 0.2) is 0 Å². The average Bonchev–Trinajstić information content (AvgIpc) is 2.65. The molecule has 0 saturated heterocycles. The molecule has 3 heteroatoms. The van der Waals surface area contributed by atoms with E-state index in [-0.39, 0.29) is 6.42 Å². The zero-order valence-electron chi connectivity index (χ0n) is 7.58. The molecule has 1 fully saturated rings. The lowest BCUT2D eigenvalue weighted by Crippen LogP contribution is -2.26. The SMILES string of the molecule is NC1(/C=C/c2ccccc2)CC1(F)F. The summed E-state index contributed by atoms with van der Waals surface area (Å²) in [5, 5.41) is 0. The molecule has 2 rings (SSSR count). The van der Waals surface area contributed by atoms with Crippen LogP contribution in [0.4, 0.5) is 8.78 Å². The molecule has 74 valence electrons. The molecule has 0 amide bonds. The van der Waals surface area contributed by atoms with Crippen molar-refractivity contribution in [1.29, 1.82) is 0 Å². The molecule has 1 aromatic carbocycles. The topological polar surface area (TPSA) is 26.0 Å². The van der Waals surface area contributed by atoms with Gasteiger partial charge < -0.3 is 5.73 Å². The summed E-state index contributed by atoms with van der Waals surface area (Å²) in [4.78, 5) is 0. The van der Waals surface area contributed by atoms with Crippen molar-refractivity contribution >= 4 is 6.08 Å². The molecule has 0 aromatic heterocycles. The van der Waals surface area contributed by atoms with Crippen molar-refractivity contribution in [2.45, 2.75) is 17.9 Å². The minimum atomic E-state index is -2.72. The molecule has 0 heterocycles. The van der Waals surface area contributed by atoms with Crippen LogP contribution >= 0.6 is 0 Å². The molecule has 1 nitrogen and oxygen atoms in total. The third kappa shape index (κ3) is 1.55. The molecule has 0 aliphatic heterocycles. The van der Waals surface area contributed by atoms with Gasteiger partial charge in [-0.3, -0.25) is 0 Å². The van der Waals surface area contributed by atoms with Gasteiger partial charge in [-0.05, 0) is 5.56 Å². The predicted octanol–water partition coefficient (Wildman–Crippen LogP) is 2.44. The molecule has 1 atom stereocenters. The second-order valence-electron chi connectivity index (χ2n) is 3.67. The Morgan fingerprint density at radius 3 is 2.29 bits per heavy atom. The second kappa shape index (κ2) is 2.89. The molecular formula is C11H11F2N. The first-order chi connectivity index (χ1) is 6.54. The van der Waals surface area contributed by atoms with E-state index in [1.54, 1.807) is 6.08 Å². The predicted molar refractivity (Wildman–Crippen MR) is 52.0 cm³/mol. The van der Waals surface area contributed by atoms with E-state index < -0.39 is 11.5 Å². The van der Waals surface area contributed by atoms with Crippen LogP contribution in [0.3, 0.4) is 0 Å². The highest BCUT2D eigenvalue weighted by Gasteiger charge is 2.67. The van der Waals surface area contributed by atoms with Crippen LogP contribution in [0.5, 0.6) is 0 Å². The Hall–Kier alpha value is -1.22. The van der Waals surface area contributed by atoms with Gasteiger partial charge in [-0.25, -0.2) is 8.78 Å². The zero-order chi connectivity index (χ0) is 10.2. The van der Waals surface area contributed by atoms with E-state index in [4.69, 9.17) is 5.73 Å². The highest BCUT2D eigenvalue weighted by molar-refractivity contribution is 5.53. The number of halogens is 2. The Morgan fingerprint density at radius 2 is 1.79 bits per heavy atom. The van der Waals surface area contributed by atoms with Crippen molar-refractivity contribution in [3.05, 3.63) is 42.0 Å². The second-order valence-corrected chi connectivity index (χ2v) is 3.67. The molecule has 1 aliphatic carbocycles. The van der Waals surface area contributed by atoms with Gasteiger partial charge in [0.1, 0.15) is 5.54 Å². The third-order valence-electron chi connectivity index (χ3n) is 2.44. The van der Waals surface area contributed by atoms with E-state index in [0.29, 0.717) is 0 Å². The number of alkyl halides is 2. The highest BCUT2D eigenvalue weighted by Crippen LogP contribution is 2.51. The standard InChI is InChI=1S/C11H11F2N/c12-11(13)8-10(11,14)7-6-9-4-2-1-3-5-9/h1-7H,8,14H2/b7-6+. The number of benzene rings is 1. The van der Waals surface area contributed by atoms with E-state index in [1.807, 2.05) is 30.3 Å². The average molecular weight is 195 g/mol. The molecular weight excluding hydrogens is 184 g/mol. The Bertz CT molecular complexity index is 359. The summed E-state index contributed by atoms with van der Waals surface area (Å²) in [6, 6.07) is 9.28. The lowest BCUT2D eigenvalue weighted by molar-refractivity contribution is 0.0997. The first kappa shape index (κ1) is 9.34. The Labute approximate surface area is 81.2 Å². The third-order valence-corrected chi connectivity index (χ3v) is 2.44. The minimum absolute atomic E-state index is 0.247. The van der Waals surface area contributed by atoms with Crippen molar-refractivity contribution in [3.63, 3.8) is 0 Å². The number of rotatable bonds is 2. The molecule has 1 aromatic rings. The Balaban J connectivity index is 2.10. The summed E-state index contributed by atoms with van der Waals surface area (Å²) in [6.07, 6.45) is 2.78. The van der Waals surface area contributed by atoms with E-state index in [1.165, 1.54) is 6.08 Å². The van der Waals surface area contributed by atoms with E-state index in [0.717, 1.165) is 5.56 Å². The van der Waals surface area contributed by atoms with Gasteiger partial charge in [0.05, 0.1) is 0 Å². The fourth-order valence-electron chi connectivity index (χ4n) is 1.31. The molecule has 1 unspecified atom stereocenters. The van der Waals surface area contributed by atoms with E-state index in [9.17, 15) is 8.78 Å². The lowest BCUT2D eigenvalue weighted by Gasteiger charge is -2.02. The number of hydrogen-bond donors (Lipinski definition) is 1. The maximum absolute atomic E-state index is 12.7. The van der Waals surface area contributed by atoms with E-state index in [2.05, 4.69) is 0 Å². The maximum Gasteiger partial charge on any atom is 0.271 e. The number of hydrogen-bond acceptors (Lipinski definition) is 1. The van der Waals surface area contributed by atoms with Crippen molar-refractivity contribution in [2.24, 2.45) is 5.73 Å².